The van der Waals surface area contributed by atoms with Crippen molar-refractivity contribution in [3.05, 3.63) is 40.9 Å². The number of anilines is 2. The highest BCUT2D eigenvalue weighted by atomic mass is 35.5. The number of halogens is 2. The van der Waals surface area contributed by atoms with E-state index in [2.05, 4.69) is 73.3 Å². The first-order chi connectivity index (χ1) is 12.9. The Hall–Kier alpha value is -1.63. The van der Waals surface area contributed by atoms with Gasteiger partial charge in [0.1, 0.15) is 5.52 Å². The second-order valence-corrected chi connectivity index (χ2v) is 14.7. The van der Waals surface area contributed by atoms with Crippen LogP contribution in [0.15, 0.2) is 30.6 Å². The molecule has 3 aromatic rings. The highest BCUT2D eigenvalue weighted by Crippen LogP contribution is 2.45. The Kier molecular flexibility index (Phi) is 5.51. The normalized spacial score (nSPS) is 12.8. The van der Waals surface area contributed by atoms with Gasteiger partial charge >= 0.3 is 0 Å². The van der Waals surface area contributed by atoms with Crippen LogP contribution in [-0.4, -0.2) is 27.8 Å². The molecule has 2 heterocycles. The van der Waals surface area contributed by atoms with Crippen LogP contribution in [0.5, 0.6) is 0 Å². The molecule has 0 saturated carbocycles. The van der Waals surface area contributed by atoms with Gasteiger partial charge in [-0.2, -0.15) is 9.97 Å². The molecule has 0 unspecified atom stereocenters. The molecular weight excluding hydrogens is 409 g/mol. The average Bonchev–Trinajstić information content (AvgIpc) is 2.97. The van der Waals surface area contributed by atoms with Crippen molar-refractivity contribution in [3.8, 4) is 0 Å². The van der Waals surface area contributed by atoms with Crippen LogP contribution in [0.1, 0.15) is 40.7 Å². The van der Waals surface area contributed by atoms with E-state index < -0.39 is 8.24 Å². The van der Waals surface area contributed by atoms with Gasteiger partial charge in [0.2, 0.25) is 5.28 Å². The number of benzene rings is 1. The second-order valence-electron chi connectivity index (χ2n) is 8.86. The molecule has 0 bridgehead atoms. The minimum atomic E-state index is -2.12. The van der Waals surface area contributed by atoms with Crippen LogP contribution in [0.2, 0.25) is 28.4 Å². The maximum atomic E-state index is 6.38. The van der Waals surface area contributed by atoms with E-state index in [4.69, 9.17) is 23.2 Å². The van der Waals surface area contributed by atoms with Crippen molar-refractivity contribution in [2.45, 2.75) is 58.8 Å². The van der Waals surface area contributed by atoms with Gasteiger partial charge in [0.25, 0.3) is 0 Å². The van der Waals surface area contributed by atoms with Crippen LogP contribution in [0.3, 0.4) is 0 Å². The van der Waals surface area contributed by atoms with Crippen LogP contribution in [-0.2, 0) is 0 Å². The summed E-state index contributed by atoms with van der Waals surface area (Å²) in [6, 6.07) is 8.10. The molecule has 0 amide bonds. The molecule has 0 radical (unpaired) electrons. The number of rotatable bonds is 4. The fourth-order valence-electron chi connectivity index (χ4n) is 3.07. The first-order valence-electron chi connectivity index (χ1n) is 9.39. The van der Waals surface area contributed by atoms with Crippen molar-refractivity contribution in [3.63, 3.8) is 0 Å². The summed E-state index contributed by atoms with van der Waals surface area (Å²) in [6.45, 7) is 15.7. The number of hydrogen-bond donors (Lipinski definition) is 0. The van der Waals surface area contributed by atoms with Gasteiger partial charge < -0.3 is 9.13 Å². The predicted molar refractivity (Wildman–Crippen MR) is 122 cm³/mol. The van der Waals surface area contributed by atoms with Gasteiger partial charge in [-0.25, -0.2) is 4.98 Å². The third-order valence-electron chi connectivity index (χ3n) is 5.60. The lowest BCUT2D eigenvalue weighted by Crippen LogP contribution is -2.53. The molecule has 2 aromatic heterocycles. The summed E-state index contributed by atoms with van der Waals surface area (Å²) in [7, 11) is -2.12. The molecule has 0 spiro atoms. The highest BCUT2D eigenvalue weighted by Gasteiger charge is 2.44. The van der Waals surface area contributed by atoms with Gasteiger partial charge in [0, 0.05) is 16.8 Å². The van der Waals surface area contributed by atoms with E-state index in [9.17, 15) is 0 Å². The second kappa shape index (κ2) is 7.32. The maximum Gasteiger partial charge on any atom is 0.226 e. The zero-order valence-corrected chi connectivity index (χ0v) is 20.0. The van der Waals surface area contributed by atoms with Gasteiger partial charge in [-0.1, -0.05) is 51.5 Å². The molecule has 8 heteroatoms. The summed E-state index contributed by atoms with van der Waals surface area (Å²) < 4.78 is 4.33. The van der Waals surface area contributed by atoms with Crippen molar-refractivity contribution in [1.82, 2.24) is 19.5 Å². The number of aromatic nitrogens is 4. The Balaban J connectivity index is 2.36. The molecule has 0 N–H and O–H groups in total. The molecule has 0 saturated heterocycles. The zero-order valence-electron chi connectivity index (χ0n) is 17.5. The van der Waals surface area contributed by atoms with Gasteiger partial charge in [0.15, 0.2) is 19.7 Å². The first kappa shape index (κ1) is 21.1. The molecular formula is C20H27Cl2N5Si. The summed E-state index contributed by atoms with van der Waals surface area (Å²) in [6.07, 6.45) is 1.81. The van der Waals surface area contributed by atoms with Crippen LogP contribution < -0.4 is 4.57 Å². The largest absolute Gasteiger partial charge is 0.352 e. The van der Waals surface area contributed by atoms with Crippen molar-refractivity contribution in [2.75, 3.05) is 4.57 Å². The molecule has 150 valence electrons. The Labute approximate surface area is 177 Å². The maximum absolute atomic E-state index is 6.38. The number of hydrogen-bond acceptors (Lipinski definition) is 4. The topological polar surface area (TPSA) is 46.8 Å². The van der Waals surface area contributed by atoms with E-state index in [0.717, 1.165) is 22.7 Å². The quantitative estimate of drug-likeness (QED) is 0.331. The molecule has 1 aromatic carbocycles. The van der Waals surface area contributed by atoms with E-state index in [0.29, 0.717) is 5.02 Å². The molecule has 5 nitrogen and oxygen atoms in total. The van der Waals surface area contributed by atoms with E-state index >= 15 is 0 Å². The highest BCUT2D eigenvalue weighted by molar-refractivity contribution is 6.84. The Morgan fingerprint density at radius 3 is 2.36 bits per heavy atom. The Bertz CT molecular complexity index is 1010. The molecule has 0 aliphatic carbocycles. The lowest BCUT2D eigenvalue weighted by Gasteiger charge is -2.46. The minimum Gasteiger partial charge on any atom is -0.352 e. The van der Waals surface area contributed by atoms with Crippen molar-refractivity contribution in [2.24, 2.45) is 0 Å². The molecule has 28 heavy (non-hydrogen) atoms. The van der Waals surface area contributed by atoms with Gasteiger partial charge in [-0.05, 0) is 48.7 Å². The molecule has 0 atom stereocenters. The van der Waals surface area contributed by atoms with Crippen LogP contribution >= 0.6 is 23.2 Å². The average molecular weight is 436 g/mol. The predicted octanol–water partition coefficient (Wildman–Crippen LogP) is 6.86. The van der Waals surface area contributed by atoms with Crippen molar-refractivity contribution >= 4 is 54.1 Å². The van der Waals surface area contributed by atoms with E-state index in [1.54, 1.807) is 0 Å². The number of fused-ring (bicyclic) bond motifs is 1. The minimum absolute atomic E-state index is 0.0552. The third kappa shape index (κ3) is 3.65. The van der Waals surface area contributed by atoms with Crippen molar-refractivity contribution in [1.29, 1.82) is 0 Å². The van der Waals surface area contributed by atoms with Gasteiger partial charge in [0.05, 0.1) is 6.33 Å². The van der Waals surface area contributed by atoms with Gasteiger partial charge in [-0.3, -0.25) is 0 Å². The summed E-state index contributed by atoms with van der Waals surface area (Å²) in [5, 5.41) is 0.959. The monoisotopic (exact) mass is 435 g/mol. The smallest absolute Gasteiger partial charge is 0.226 e. The fraction of sp³-hybridized carbons (Fsp3) is 0.450. The van der Waals surface area contributed by atoms with Crippen LogP contribution in [0, 0.1) is 0 Å². The lowest BCUT2D eigenvalue weighted by molar-refractivity contribution is 0.612. The molecule has 0 aliphatic rings. The lowest BCUT2D eigenvalue weighted by atomic mass is 10.2. The van der Waals surface area contributed by atoms with E-state index in [-0.39, 0.29) is 16.4 Å². The number of nitrogens with zero attached hydrogens (tertiary/aromatic N) is 5. The molecule has 3 rings (SSSR count). The Morgan fingerprint density at radius 1 is 1.11 bits per heavy atom. The summed E-state index contributed by atoms with van der Waals surface area (Å²) >= 11 is 12.7. The number of imidazole rings is 1. The van der Waals surface area contributed by atoms with Crippen LogP contribution in [0.25, 0.3) is 11.2 Å². The zero-order chi connectivity index (χ0) is 20.9. The fourth-order valence-corrected chi connectivity index (χ4v) is 5.56. The van der Waals surface area contributed by atoms with Gasteiger partial charge in [-0.15, -0.1) is 0 Å². The summed E-state index contributed by atoms with van der Waals surface area (Å²) in [5.41, 5.74) is 2.49. The summed E-state index contributed by atoms with van der Waals surface area (Å²) in [4.78, 5) is 13.8. The van der Waals surface area contributed by atoms with Crippen molar-refractivity contribution < 1.29 is 0 Å². The molecule has 0 aliphatic heterocycles. The summed E-state index contributed by atoms with van der Waals surface area (Å²) in [5.74, 6) is 0.739. The SMILES string of the molecule is CC(C)n1cnc2c(N(c3cccc(Cl)c3)[Si](C)(C)C(C)(C)C)nc(Cl)nc21. The standard InChI is InChI=1S/C20H27Cl2N5Si/c1-13(2)26-12-23-16-17(26)24-19(22)25-18(16)27(28(6,7)20(3,4)5)15-10-8-9-14(21)11-15/h8-13H,1-7H3. The van der Waals surface area contributed by atoms with E-state index in [1.165, 1.54) is 0 Å². The first-order valence-corrected chi connectivity index (χ1v) is 13.1. The van der Waals surface area contributed by atoms with Crippen LogP contribution in [0.4, 0.5) is 11.5 Å². The molecule has 0 fully saturated rings. The van der Waals surface area contributed by atoms with E-state index in [1.807, 2.05) is 29.1 Å². The third-order valence-corrected chi connectivity index (χ3v) is 11.3. The Morgan fingerprint density at radius 2 is 1.79 bits per heavy atom.